The SMILES string of the molecule is Cc1cc(-c2cc(C)c(NCc3ccc(S(=O)(=O)O)cc3S(=O)(=O)O)c(C)c2)cc(C)c1N. The van der Waals surface area contributed by atoms with Crippen molar-refractivity contribution in [2.75, 3.05) is 11.1 Å². The minimum absolute atomic E-state index is 0.00198. The van der Waals surface area contributed by atoms with Crippen LogP contribution in [0.2, 0.25) is 0 Å². The van der Waals surface area contributed by atoms with Crippen LogP contribution in [0.15, 0.2) is 52.3 Å². The van der Waals surface area contributed by atoms with Crippen molar-refractivity contribution in [3.05, 3.63) is 70.3 Å². The van der Waals surface area contributed by atoms with Gasteiger partial charge >= 0.3 is 0 Å². The second-order valence-electron chi connectivity index (χ2n) is 8.08. The van der Waals surface area contributed by atoms with E-state index in [1.54, 1.807) is 0 Å². The summed E-state index contributed by atoms with van der Waals surface area (Å²) in [6.07, 6.45) is 0. The maximum absolute atomic E-state index is 11.8. The Morgan fingerprint density at radius 1 is 0.758 bits per heavy atom. The van der Waals surface area contributed by atoms with E-state index in [9.17, 15) is 25.9 Å². The quantitative estimate of drug-likeness (QED) is 0.296. The zero-order valence-electron chi connectivity index (χ0n) is 18.7. The summed E-state index contributed by atoms with van der Waals surface area (Å²) < 4.78 is 65.1. The van der Waals surface area contributed by atoms with Gasteiger partial charge in [-0.25, -0.2) is 0 Å². The van der Waals surface area contributed by atoms with Crippen molar-refractivity contribution in [2.24, 2.45) is 0 Å². The molecule has 176 valence electrons. The van der Waals surface area contributed by atoms with Crippen LogP contribution >= 0.6 is 0 Å². The Morgan fingerprint density at radius 3 is 1.70 bits per heavy atom. The summed E-state index contributed by atoms with van der Waals surface area (Å²) in [7, 11) is -9.35. The van der Waals surface area contributed by atoms with Crippen molar-refractivity contribution >= 4 is 31.6 Å². The minimum Gasteiger partial charge on any atom is -0.398 e. The molecule has 0 saturated heterocycles. The van der Waals surface area contributed by atoms with Gasteiger partial charge in [-0.1, -0.05) is 6.07 Å². The number of hydrogen-bond acceptors (Lipinski definition) is 6. The van der Waals surface area contributed by atoms with Gasteiger partial charge in [-0.2, -0.15) is 16.8 Å². The minimum atomic E-state index is -4.72. The number of anilines is 2. The van der Waals surface area contributed by atoms with Crippen LogP contribution in [0.5, 0.6) is 0 Å². The molecule has 8 nitrogen and oxygen atoms in total. The predicted octanol–water partition coefficient (Wildman–Crippen LogP) is 4.27. The lowest BCUT2D eigenvalue weighted by Crippen LogP contribution is -2.10. The van der Waals surface area contributed by atoms with Crippen molar-refractivity contribution in [1.29, 1.82) is 0 Å². The molecule has 0 aliphatic heterocycles. The van der Waals surface area contributed by atoms with Crippen LogP contribution in [-0.2, 0) is 26.8 Å². The van der Waals surface area contributed by atoms with E-state index in [4.69, 9.17) is 5.73 Å². The number of nitrogens with two attached hydrogens (primary N) is 1. The molecule has 3 aromatic rings. The first-order valence-electron chi connectivity index (χ1n) is 9.98. The van der Waals surface area contributed by atoms with Crippen LogP contribution in [0.25, 0.3) is 11.1 Å². The lowest BCUT2D eigenvalue weighted by molar-refractivity contribution is 0.480. The molecule has 0 aliphatic rings. The van der Waals surface area contributed by atoms with E-state index in [2.05, 4.69) is 5.32 Å². The van der Waals surface area contributed by atoms with E-state index < -0.39 is 30.0 Å². The van der Waals surface area contributed by atoms with Crippen LogP contribution in [0, 0.1) is 27.7 Å². The van der Waals surface area contributed by atoms with Crippen molar-refractivity contribution in [2.45, 2.75) is 44.0 Å². The van der Waals surface area contributed by atoms with E-state index in [0.717, 1.165) is 56.9 Å². The van der Waals surface area contributed by atoms with Gasteiger partial charge in [0.2, 0.25) is 0 Å². The topological polar surface area (TPSA) is 147 Å². The molecule has 0 aliphatic carbocycles. The largest absolute Gasteiger partial charge is 0.398 e. The highest BCUT2D eigenvalue weighted by atomic mass is 32.2. The molecule has 0 heterocycles. The first-order valence-corrected chi connectivity index (χ1v) is 12.9. The molecule has 5 N–H and O–H groups in total. The molecule has 0 radical (unpaired) electrons. The third-order valence-electron chi connectivity index (χ3n) is 5.53. The van der Waals surface area contributed by atoms with Gasteiger partial charge in [0.05, 0.1) is 4.90 Å². The van der Waals surface area contributed by atoms with Gasteiger partial charge in [0.25, 0.3) is 20.2 Å². The third kappa shape index (κ3) is 5.36. The first kappa shape index (κ1) is 24.7. The van der Waals surface area contributed by atoms with Crippen molar-refractivity contribution in [3.63, 3.8) is 0 Å². The summed E-state index contributed by atoms with van der Waals surface area (Å²) in [5.41, 5.74) is 13.6. The normalized spacial score (nSPS) is 12.1. The van der Waals surface area contributed by atoms with E-state index in [1.807, 2.05) is 52.0 Å². The number of benzene rings is 3. The summed E-state index contributed by atoms with van der Waals surface area (Å²) in [6.45, 7) is 7.76. The molecule has 10 heteroatoms. The van der Waals surface area contributed by atoms with E-state index in [-0.39, 0.29) is 12.1 Å². The molecular formula is C23H26N2O6S2. The smallest absolute Gasteiger partial charge is 0.294 e. The first-order chi connectivity index (χ1) is 15.2. The summed E-state index contributed by atoms with van der Waals surface area (Å²) >= 11 is 0. The van der Waals surface area contributed by atoms with E-state index in [0.29, 0.717) is 0 Å². The van der Waals surface area contributed by atoms with Gasteiger partial charge in [0.15, 0.2) is 0 Å². The van der Waals surface area contributed by atoms with Gasteiger partial charge in [0.1, 0.15) is 4.90 Å². The Balaban J connectivity index is 1.96. The zero-order chi connectivity index (χ0) is 24.7. The molecule has 33 heavy (non-hydrogen) atoms. The molecule has 0 unspecified atom stereocenters. The van der Waals surface area contributed by atoms with Crippen LogP contribution in [-0.4, -0.2) is 25.9 Å². The van der Waals surface area contributed by atoms with E-state index >= 15 is 0 Å². The Hall–Kier alpha value is -2.92. The predicted molar refractivity (Wildman–Crippen MR) is 129 cm³/mol. The number of aryl methyl sites for hydroxylation is 4. The van der Waals surface area contributed by atoms with Crippen LogP contribution in [0.4, 0.5) is 11.4 Å². The molecule has 0 atom stereocenters. The maximum Gasteiger partial charge on any atom is 0.294 e. The number of nitrogens with one attached hydrogen (secondary N) is 1. The fraction of sp³-hybridized carbons (Fsp3) is 0.217. The maximum atomic E-state index is 11.8. The van der Waals surface area contributed by atoms with Gasteiger partial charge in [-0.05, 0) is 103 Å². The Bertz CT molecular complexity index is 1420. The summed E-state index contributed by atoms with van der Waals surface area (Å²) in [6, 6.07) is 11.1. The molecule has 0 saturated carbocycles. The Morgan fingerprint density at radius 2 is 1.24 bits per heavy atom. The van der Waals surface area contributed by atoms with Crippen molar-refractivity contribution < 1.29 is 25.9 Å². The summed E-state index contributed by atoms with van der Waals surface area (Å²) in [5.74, 6) is 0. The Labute approximate surface area is 194 Å². The highest BCUT2D eigenvalue weighted by Gasteiger charge is 2.20. The van der Waals surface area contributed by atoms with Crippen molar-refractivity contribution in [1.82, 2.24) is 0 Å². The molecule has 0 aromatic heterocycles. The summed E-state index contributed by atoms with van der Waals surface area (Å²) in [5, 5.41) is 3.17. The lowest BCUT2D eigenvalue weighted by atomic mass is 9.95. The highest BCUT2D eigenvalue weighted by molar-refractivity contribution is 7.86. The fourth-order valence-electron chi connectivity index (χ4n) is 3.82. The van der Waals surface area contributed by atoms with Crippen molar-refractivity contribution in [3.8, 4) is 11.1 Å². The Kier molecular flexibility index (Phi) is 6.58. The average Bonchev–Trinajstić information content (AvgIpc) is 2.69. The standard InChI is InChI=1S/C23H26N2O6S2/c1-13-7-18(8-14(2)22(13)24)19-9-15(3)23(16(4)10-19)25-12-17-5-6-20(32(26,27)28)11-21(17)33(29,30)31/h5-11,25H,12,24H2,1-4H3,(H,26,27,28)(H,29,30,31). The van der Waals surface area contributed by atoms with Gasteiger partial charge < -0.3 is 11.1 Å². The second kappa shape index (κ2) is 8.79. The average molecular weight is 491 g/mol. The van der Waals surface area contributed by atoms with Gasteiger partial charge in [-0.3, -0.25) is 9.11 Å². The fourth-order valence-corrected chi connectivity index (χ4v) is 5.14. The zero-order valence-corrected chi connectivity index (χ0v) is 20.3. The highest BCUT2D eigenvalue weighted by Crippen LogP contribution is 2.32. The third-order valence-corrected chi connectivity index (χ3v) is 7.32. The molecular weight excluding hydrogens is 464 g/mol. The number of rotatable bonds is 6. The molecule has 0 bridgehead atoms. The second-order valence-corrected chi connectivity index (χ2v) is 10.9. The molecule has 0 amide bonds. The monoisotopic (exact) mass is 490 g/mol. The number of nitrogen functional groups attached to an aromatic ring is 1. The molecule has 3 rings (SSSR count). The van der Waals surface area contributed by atoms with Crippen LogP contribution in [0.1, 0.15) is 27.8 Å². The van der Waals surface area contributed by atoms with Crippen LogP contribution < -0.4 is 11.1 Å². The van der Waals surface area contributed by atoms with Gasteiger partial charge in [0, 0.05) is 17.9 Å². The summed E-state index contributed by atoms with van der Waals surface area (Å²) in [4.78, 5) is -1.21. The van der Waals surface area contributed by atoms with Gasteiger partial charge in [-0.15, -0.1) is 0 Å². The van der Waals surface area contributed by atoms with Crippen LogP contribution in [0.3, 0.4) is 0 Å². The lowest BCUT2D eigenvalue weighted by Gasteiger charge is -2.17. The molecule has 3 aromatic carbocycles. The molecule has 0 fully saturated rings. The van der Waals surface area contributed by atoms with E-state index in [1.165, 1.54) is 6.07 Å². The number of hydrogen-bond donors (Lipinski definition) is 4. The molecule has 0 spiro atoms.